The second kappa shape index (κ2) is 5.84. The highest BCUT2D eigenvalue weighted by Crippen LogP contribution is 2.21. The van der Waals surface area contributed by atoms with Crippen LogP contribution < -0.4 is 0 Å². The maximum absolute atomic E-state index is 13.6. The van der Waals surface area contributed by atoms with Gasteiger partial charge in [0, 0.05) is 5.56 Å². The van der Waals surface area contributed by atoms with Gasteiger partial charge < -0.3 is 4.74 Å². The van der Waals surface area contributed by atoms with Gasteiger partial charge in [-0.05, 0) is 24.3 Å². The van der Waals surface area contributed by atoms with Crippen molar-refractivity contribution in [3.05, 3.63) is 70.0 Å². The van der Waals surface area contributed by atoms with Gasteiger partial charge in [-0.1, -0.05) is 29.8 Å². The fourth-order valence-electron chi connectivity index (χ4n) is 1.73. The Labute approximate surface area is 119 Å². The lowest BCUT2D eigenvalue weighted by atomic mass is 10.0. The second-order valence-corrected chi connectivity index (χ2v) is 4.40. The van der Waals surface area contributed by atoms with E-state index in [4.69, 9.17) is 11.6 Å². The summed E-state index contributed by atoms with van der Waals surface area (Å²) < 4.78 is 18.1. The zero-order chi connectivity index (χ0) is 14.7. The molecule has 0 aromatic heterocycles. The molecule has 2 aromatic carbocycles. The molecule has 0 heterocycles. The molecule has 0 aliphatic carbocycles. The molecule has 3 nitrogen and oxygen atoms in total. The maximum Gasteiger partial charge on any atom is 0.339 e. The van der Waals surface area contributed by atoms with E-state index in [9.17, 15) is 14.0 Å². The molecule has 2 aromatic rings. The molecule has 102 valence electrons. The van der Waals surface area contributed by atoms with E-state index >= 15 is 0 Å². The Balaban J connectivity index is 2.40. The van der Waals surface area contributed by atoms with Gasteiger partial charge in [-0.15, -0.1) is 0 Å². The highest BCUT2D eigenvalue weighted by Gasteiger charge is 2.17. The largest absolute Gasteiger partial charge is 0.465 e. The Morgan fingerprint density at radius 3 is 2.40 bits per heavy atom. The number of halogens is 2. The lowest BCUT2D eigenvalue weighted by molar-refractivity contribution is 0.0600. The zero-order valence-electron chi connectivity index (χ0n) is 10.5. The van der Waals surface area contributed by atoms with Crippen LogP contribution in [-0.2, 0) is 4.74 Å². The number of esters is 1. The van der Waals surface area contributed by atoms with E-state index in [-0.39, 0.29) is 21.7 Å². The van der Waals surface area contributed by atoms with Crippen molar-refractivity contribution in [2.75, 3.05) is 7.11 Å². The number of methoxy groups -OCH3 is 1. The molecule has 0 amide bonds. The van der Waals surface area contributed by atoms with Gasteiger partial charge in [0.25, 0.3) is 0 Å². The average molecular weight is 293 g/mol. The van der Waals surface area contributed by atoms with Crippen molar-refractivity contribution in [3.63, 3.8) is 0 Å². The van der Waals surface area contributed by atoms with Crippen LogP contribution in [-0.4, -0.2) is 18.9 Å². The van der Waals surface area contributed by atoms with Crippen LogP contribution in [0.5, 0.6) is 0 Å². The van der Waals surface area contributed by atoms with Crippen LogP contribution in [0.3, 0.4) is 0 Å². The third kappa shape index (κ3) is 2.70. The smallest absolute Gasteiger partial charge is 0.339 e. The first kappa shape index (κ1) is 14.2. The monoisotopic (exact) mass is 292 g/mol. The van der Waals surface area contributed by atoms with Crippen molar-refractivity contribution in [1.29, 1.82) is 0 Å². The van der Waals surface area contributed by atoms with Crippen molar-refractivity contribution in [3.8, 4) is 0 Å². The fraction of sp³-hybridized carbons (Fsp3) is 0.0667. The predicted molar refractivity (Wildman–Crippen MR) is 72.6 cm³/mol. The SMILES string of the molecule is COC(=O)c1ccc(C(=O)c2ccccc2F)cc1Cl. The van der Waals surface area contributed by atoms with Gasteiger partial charge >= 0.3 is 5.97 Å². The van der Waals surface area contributed by atoms with E-state index in [2.05, 4.69) is 4.74 Å². The number of carbonyl (C=O) groups is 2. The summed E-state index contributed by atoms with van der Waals surface area (Å²) in [6, 6.07) is 9.77. The first-order valence-electron chi connectivity index (χ1n) is 5.71. The van der Waals surface area contributed by atoms with E-state index in [1.54, 1.807) is 6.07 Å². The molecule has 0 saturated carbocycles. The van der Waals surface area contributed by atoms with Crippen molar-refractivity contribution in [1.82, 2.24) is 0 Å². The Kier molecular flexibility index (Phi) is 4.15. The summed E-state index contributed by atoms with van der Waals surface area (Å²) in [5, 5.41) is 0.0824. The quantitative estimate of drug-likeness (QED) is 0.642. The van der Waals surface area contributed by atoms with Gasteiger partial charge in [0.1, 0.15) is 5.82 Å². The summed E-state index contributed by atoms with van der Waals surface area (Å²) in [5.74, 6) is -1.70. The van der Waals surface area contributed by atoms with Gasteiger partial charge in [-0.25, -0.2) is 9.18 Å². The Bertz CT molecular complexity index is 683. The molecule has 5 heteroatoms. The molecular weight excluding hydrogens is 283 g/mol. The molecule has 0 saturated heterocycles. The van der Waals surface area contributed by atoms with Crippen LogP contribution in [0.2, 0.25) is 5.02 Å². The molecule has 0 N–H and O–H groups in total. The van der Waals surface area contributed by atoms with Crippen molar-refractivity contribution < 1.29 is 18.7 Å². The second-order valence-electron chi connectivity index (χ2n) is 4.00. The average Bonchev–Trinajstić information content (AvgIpc) is 2.46. The summed E-state index contributed by atoms with van der Waals surface area (Å²) in [6.45, 7) is 0. The van der Waals surface area contributed by atoms with Crippen molar-refractivity contribution in [2.45, 2.75) is 0 Å². The van der Waals surface area contributed by atoms with Crippen LogP contribution in [0.1, 0.15) is 26.3 Å². The summed E-state index contributed by atoms with van der Waals surface area (Å²) in [7, 11) is 1.23. The van der Waals surface area contributed by atoms with E-state index in [1.807, 2.05) is 0 Å². The molecule has 0 fully saturated rings. The molecule has 0 radical (unpaired) electrons. The minimum atomic E-state index is -0.606. The molecule has 0 atom stereocenters. The molecular formula is C15H10ClFO3. The third-order valence-electron chi connectivity index (χ3n) is 2.76. The van der Waals surface area contributed by atoms with Crippen LogP contribution in [0.15, 0.2) is 42.5 Å². The van der Waals surface area contributed by atoms with Gasteiger partial charge in [0.2, 0.25) is 0 Å². The Morgan fingerprint density at radius 2 is 1.80 bits per heavy atom. The minimum absolute atomic E-state index is 0.0469. The topological polar surface area (TPSA) is 43.4 Å². The number of carbonyl (C=O) groups excluding carboxylic acids is 2. The standard InChI is InChI=1S/C15H10ClFO3/c1-20-15(19)10-7-6-9(8-12(10)16)14(18)11-4-2-3-5-13(11)17/h2-8H,1H3. The fourth-order valence-corrected chi connectivity index (χ4v) is 1.99. The van der Waals surface area contributed by atoms with E-state index < -0.39 is 17.6 Å². The number of ketones is 1. The van der Waals surface area contributed by atoms with Gasteiger partial charge in [0.05, 0.1) is 23.3 Å². The summed E-state index contributed by atoms with van der Waals surface area (Å²) in [4.78, 5) is 23.5. The lowest BCUT2D eigenvalue weighted by Crippen LogP contribution is -2.07. The van der Waals surface area contributed by atoms with Crippen molar-refractivity contribution in [2.24, 2.45) is 0 Å². The van der Waals surface area contributed by atoms with Crippen LogP contribution in [0.25, 0.3) is 0 Å². The molecule has 0 spiro atoms. The van der Waals surface area contributed by atoms with E-state index in [0.29, 0.717) is 0 Å². The highest BCUT2D eigenvalue weighted by molar-refractivity contribution is 6.34. The number of hydrogen-bond donors (Lipinski definition) is 0. The molecule has 0 aliphatic heterocycles. The maximum atomic E-state index is 13.6. The van der Waals surface area contributed by atoms with Gasteiger partial charge in [0.15, 0.2) is 5.78 Å². The molecule has 0 aliphatic rings. The third-order valence-corrected chi connectivity index (χ3v) is 3.07. The van der Waals surface area contributed by atoms with Crippen molar-refractivity contribution >= 4 is 23.4 Å². The van der Waals surface area contributed by atoms with Crippen LogP contribution in [0, 0.1) is 5.82 Å². The number of ether oxygens (including phenoxy) is 1. The normalized spacial score (nSPS) is 10.2. The van der Waals surface area contributed by atoms with Crippen LogP contribution in [0.4, 0.5) is 4.39 Å². The number of rotatable bonds is 3. The summed E-state index contributed by atoms with van der Waals surface area (Å²) in [6.07, 6.45) is 0. The minimum Gasteiger partial charge on any atom is -0.465 e. The first-order chi connectivity index (χ1) is 9.54. The van der Waals surface area contributed by atoms with Gasteiger partial charge in [-0.2, -0.15) is 0 Å². The Hall–Kier alpha value is -2.20. The lowest BCUT2D eigenvalue weighted by Gasteiger charge is -2.06. The van der Waals surface area contributed by atoms with Gasteiger partial charge in [-0.3, -0.25) is 4.79 Å². The number of benzene rings is 2. The molecule has 0 bridgehead atoms. The Morgan fingerprint density at radius 1 is 1.10 bits per heavy atom. The highest BCUT2D eigenvalue weighted by atomic mass is 35.5. The molecule has 0 unspecified atom stereocenters. The summed E-state index contributed by atoms with van der Waals surface area (Å²) >= 11 is 5.93. The van der Waals surface area contributed by atoms with E-state index in [1.165, 1.54) is 43.5 Å². The first-order valence-corrected chi connectivity index (χ1v) is 6.09. The predicted octanol–water partition coefficient (Wildman–Crippen LogP) is 3.50. The zero-order valence-corrected chi connectivity index (χ0v) is 11.3. The van der Waals surface area contributed by atoms with E-state index in [0.717, 1.165) is 0 Å². The molecule has 20 heavy (non-hydrogen) atoms. The number of hydrogen-bond acceptors (Lipinski definition) is 3. The molecule has 2 rings (SSSR count). The van der Waals surface area contributed by atoms with Crippen LogP contribution >= 0.6 is 11.6 Å². The summed E-state index contributed by atoms with van der Waals surface area (Å²) in [5.41, 5.74) is 0.307.